The van der Waals surface area contributed by atoms with E-state index in [2.05, 4.69) is 0 Å². The van der Waals surface area contributed by atoms with Crippen molar-refractivity contribution in [3.8, 4) is 5.69 Å². The molecule has 2 heterocycles. The van der Waals surface area contributed by atoms with Crippen LogP contribution >= 0.6 is 0 Å². The van der Waals surface area contributed by atoms with Crippen LogP contribution in [-0.4, -0.2) is 15.1 Å². The highest BCUT2D eigenvalue weighted by Crippen LogP contribution is 2.10. The van der Waals surface area contributed by atoms with Crippen molar-refractivity contribution in [1.29, 1.82) is 0 Å². The zero-order valence-corrected chi connectivity index (χ0v) is 14.3. The van der Waals surface area contributed by atoms with Gasteiger partial charge in [-0.05, 0) is 19.1 Å². The molecule has 0 aliphatic rings. The van der Waals surface area contributed by atoms with Crippen LogP contribution in [0.25, 0.3) is 5.69 Å². The van der Waals surface area contributed by atoms with Crippen molar-refractivity contribution in [2.24, 2.45) is 7.05 Å². The lowest BCUT2D eigenvalue weighted by atomic mass is 10.1. The third-order valence-corrected chi connectivity index (χ3v) is 3.94. The van der Waals surface area contributed by atoms with E-state index in [1.165, 1.54) is 4.68 Å². The number of carbonyl (C=O) groups is 1. The number of rotatable bonds is 4. The average molecular weight is 344 g/mol. The second-order valence-electron chi connectivity index (χ2n) is 5.41. The van der Waals surface area contributed by atoms with E-state index in [1.54, 1.807) is 23.2 Å². The summed E-state index contributed by atoms with van der Waals surface area (Å²) in [7, 11) is 1.79. The molecule has 1 aromatic carbocycles. The lowest BCUT2D eigenvalue weighted by Crippen LogP contribution is -3.00. The molecule has 0 radical (unpaired) electrons. The molecule has 0 saturated heterocycles. The first kappa shape index (κ1) is 17.7. The van der Waals surface area contributed by atoms with E-state index in [-0.39, 0.29) is 35.9 Å². The third-order valence-electron chi connectivity index (χ3n) is 3.94. The highest BCUT2D eigenvalue weighted by Gasteiger charge is 2.24. The number of Topliss-reactive ketones (excluding diaryl/α,β-unsaturated/α-hetero) is 1. The normalized spacial score (nSPS) is 10.2. The number of para-hydroxylation sites is 1. The van der Waals surface area contributed by atoms with Crippen LogP contribution in [0.3, 0.4) is 0 Å². The molecule has 0 saturated carbocycles. The molecule has 0 unspecified atom stereocenters. The molecule has 0 amide bonds. The Morgan fingerprint density at radius 1 is 1.04 bits per heavy atom. The number of benzene rings is 1. The van der Waals surface area contributed by atoms with Crippen molar-refractivity contribution in [2.45, 2.75) is 13.5 Å². The van der Waals surface area contributed by atoms with E-state index in [4.69, 9.17) is 0 Å². The Hall–Kier alpha value is -2.66. The fourth-order valence-corrected chi connectivity index (χ4v) is 2.67. The largest absolute Gasteiger partial charge is 1.00 e. The fourth-order valence-electron chi connectivity index (χ4n) is 2.67. The van der Waals surface area contributed by atoms with Crippen LogP contribution in [0.4, 0.5) is 0 Å². The van der Waals surface area contributed by atoms with Crippen LogP contribution in [0, 0.1) is 6.92 Å². The number of ketones is 1. The minimum Gasteiger partial charge on any atom is -1.00 e. The molecule has 0 aliphatic heterocycles. The molecule has 3 rings (SSSR count). The molecule has 124 valence electrons. The Labute approximate surface area is 146 Å². The Balaban J connectivity index is 0.00000208. The van der Waals surface area contributed by atoms with Crippen LogP contribution in [0.1, 0.15) is 16.1 Å². The van der Waals surface area contributed by atoms with Crippen molar-refractivity contribution >= 4 is 5.78 Å². The lowest BCUT2D eigenvalue weighted by molar-refractivity contribution is -0.683. The minimum absolute atomic E-state index is 0. The first-order valence-electron chi connectivity index (χ1n) is 7.41. The predicted octanol–water partition coefficient (Wildman–Crippen LogP) is -1.34. The van der Waals surface area contributed by atoms with Gasteiger partial charge in [-0.25, -0.2) is 4.68 Å². The van der Waals surface area contributed by atoms with Crippen LogP contribution in [0.15, 0.2) is 65.7 Å². The molecule has 3 aromatic rings. The lowest BCUT2D eigenvalue weighted by Gasteiger charge is -2.07. The maximum absolute atomic E-state index is 12.8. The van der Waals surface area contributed by atoms with Gasteiger partial charge in [-0.3, -0.25) is 14.3 Å². The maximum atomic E-state index is 12.8. The highest BCUT2D eigenvalue weighted by atomic mass is 35.5. The van der Waals surface area contributed by atoms with E-state index < -0.39 is 0 Å². The molecule has 0 atom stereocenters. The molecular formula is C18H18ClN3O2. The summed E-state index contributed by atoms with van der Waals surface area (Å²) in [5.41, 5.74) is 1.38. The van der Waals surface area contributed by atoms with Gasteiger partial charge in [0.25, 0.3) is 5.56 Å². The summed E-state index contributed by atoms with van der Waals surface area (Å²) in [5, 5.41) is 0. The zero-order valence-electron chi connectivity index (χ0n) is 13.5. The summed E-state index contributed by atoms with van der Waals surface area (Å²) in [6.45, 7) is 1.94. The summed E-state index contributed by atoms with van der Waals surface area (Å²) in [5.74, 6) is -0.186. The van der Waals surface area contributed by atoms with Gasteiger partial charge < -0.3 is 12.4 Å². The second kappa shape index (κ2) is 7.27. The first-order valence-corrected chi connectivity index (χ1v) is 7.41. The van der Waals surface area contributed by atoms with Crippen molar-refractivity contribution in [2.75, 3.05) is 0 Å². The first-order chi connectivity index (χ1) is 11.1. The second-order valence-corrected chi connectivity index (χ2v) is 5.41. The van der Waals surface area contributed by atoms with Gasteiger partial charge in [0.2, 0.25) is 12.3 Å². The van der Waals surface area contributed by atoms with Crippen molar-refractivity contribution < 1.29 is 21.8 Å². The van der Waals surface area contributed by atoms with Gasteiger partial charge in [-0.1, -0.05) is 24.3 Å². The summed E-state index contributed by atoms with van der Waals surface area (Å²) in [4.78, 5) is 25.4. The predicted molar refractivity (Wildman–Crippen MR) is 86.7 cm³/mol. The Morgan fingerprint density at radius 3 is 2.25 bits per heavy atom. The van der Waals surface area contributed by atoms with Crippen LogP contribution in [0.5, 0.6) is 0 Å². The maximum Gasteiger partial charge on any atom is 0.282 e. The van der Waals surface area contributed by atoms with Crippen LogP contribution in [-0.2, 0) is 13.6 Å². The van der Waals surface area contributed by atoms with Crippen molar-refractivity contribution in [3.63, 3.8) is 0 Å². The zero-order chi connectivity index (χ0) is 16.4. The minimum atomic E-state index is -0.280. The van der Waals surface area contributed by atoms with Gasteiger partial charge >= 0.3 is 0 Å². The van der Waals surface area contributed by atoms with Gasteiger partial charge in [0.15, 0.2) is 12.4 Å². The summed E-state index contributed by atoms with van der Waals surface area (Å²) in [6.07, 6.45) is 3.62. The van der Waals surface area contributed by atoms with E-state index in [0.717, 1.165) is 5.69 Å². The monoisotopic (exact) mass is 343 g/mol. The molecule has 2 aromatic heterocycles. The quantitative estimate of drug-likeness (QED) is 0.435. The molecule has 0 fully saturated rings. The molecule has 6 heteroatoms. The fraction of sp³-hybridized carbons (Fsp3) is 0.167. The van der Waals surface area contributed by atoms with Crippen LogP contribution in [0.2, 0.25) is 0 Å². The molecule has 0 bridgehead atoms. The molecule has 0 aliphatic carbocycles. The van der Waals surface area contributed by atoms with E-state index in [9.17, 15) is 9.59 Å². The summed E-state index contributed by atoms with van der Waals surface area (Å²) in [6, 6.07) is 14.9. The number of aromatic nitrogens is 3. The number of carbonyl (C=O) groups excluding carboxylic acids is 1. The van der Waals surface area contributed by atoms with Gasteiger partial charge in [0.05, 0.1) is 5.69 Å². The topological polar surface area (TPSA) is 47.9 Å². The Morgan fingerprint density at radius 2 is 1.62 bits per heavy atom. The number of halogens is 1. The van der Waals surface area contributed by atoms with Crippen molar-refractivity contribution in [3.05, 3.63) is 82.5 Å². The standard InChI is InChI=1S/C18H18N3O2.ClH/c1-14-17(16(22)13-20-11-7-4-8-12-20)18(23)21(19(14)2)15-9-5-3-6-10-15;/h3-12H,13H2,1-2H3;1H/q+1;/p-1. The average Bonchev–Trinajstić information content (AvgIpc) is 2.79. The van der Waals surface area contributed by atoms with Crippen molar-refractivity contribution in [1.82, 2.24) is 9.36 Å². The highest BCUT2D eigenvalue weighted by molar-refractivity contribution is 5.96. The van der Waals surface area contributed by atoms with Gasteiger partial charge in [-0.2, -0.15) is 4.57 Å². The molecule has 0 N–H and O–H groups in total. The Bertz CT molecular complexity index is 899. The van der Waals surface area contributed by atoms with E-state index >= 15 is 0 Å². The molecule has 24 heavy (non-hydrogen) atoms. The Kier molecular flexibility index (Phi) is 5.36. The number of hydrogen-bond donors (Lipinski definition) is 0. The summed E-state index contributed by atoms with van der Waals surface area (Å²) < 4.78 is 5.01. The van der Waals surface area contributed by atoms with Gasteiger partial charge in [0, 0.05) is 24.9 Å². The number of hydrogen-bond acceptors (Lipinski definition) is 2. The van der Waals surface area contributed by atoms with Gasteiger partial charge in [0.1, 0.15) is 5.56 Å². The van der Waals surface area contributed by atoms with E-state index in [0.29, 0.717) is 5.69 Å². The third kappa shape index (κ3) is 3.16. The van der Waals surface area contributed by atoms with Crippen LogP contribution < -0.4 is 22.5 Å². The molecule has 5 nitrogen and oxygen atoms in total. The smallest absolute Gasteiger partial charge is 0.282 e. The summed E-state index contributed by atoms with van der Waals surface area (Å²) >= 11 is 0. The molecule has 0 spiro atoms. The van der Waals surface area contributed by atoms with E-state index in [1.807, 2.05) is 60.9 Å². The SMILES string of the molecule is Cc1c(C(=O)C[n+]2ccccc2)c(=O)n(-c2ccccc2)n1C.[Cl-]. The number of pyridine rings is 1. The molecular weight excluding hydrogens is 326 g/mol. The van der Waals surface area contributed by atoms with Gasteiger partial charge in [-0.15, -0.1) is 0 Å². The number of nitrogens with zero attached hydrogens (tertiary/aromatic N) is 3.